The molecule has 0 unspecified atom stereocenters. The maximum absolute atomic E-state index is 12.1. The van der Waals surface area contributed by atoms with Crippen LogP contribution in [-0.2, 0) is 9.59 Å². The molecule has 0 spiro atoms. The molecule has 0 saturated carbocycles. The number of anilines is 1. The monoisotopic (exact) mass is 561 g/mol. The molecule has 1 aromatic carbocycles. The maximum Gasteiger partial charge on any atom is 0.227 e. The van der Waals surface area contributed by atoms with Crippen LogP contribution >= 0.6 is 11.6 Å². The van der Waals surface area contributed by atoms with Gasteiger partial charge in [-0.05, 0) is 57.6 Å². The average Bonchev–Trinajstić information content (AvgIpc) is 2.98. The minimum absolute atomic E-state index is 0.0240. The van der Waals surface area contributed by atoms with E-state index in [0.29, 0.717) is 12.1 Å². The number of likely N-dealkylation sites (N-methyl/N-ethyl adjacent to an activating group) is 1. The SMILES string of the molecule is C#C.C=CCC#N.C=CCNCCN(C=O)CC.CC.CCN1CCC(C(=O)Nc2ccc(O)c(Cl)c2)CC1. The number of halogens is 1. The second-order valence-electron chi connectivity index (χ2n) is 7.74. The predicted octanol–water partition coefficient (Wildman–Crippen LogP) is 5.32. The fourth-order valence-corrected chi connectivity index (χ4v) is 3.30. The summed E-state index contributed by atoms with van der Waals surface area (Å²) in [7, 11) is 0. The molecule has 1 aliphatic heterocycles. The van der Waals surface area contributed by atoms with Crippen molar-refractivity contribution in [2.45, 2.75) is 47.0 Å². The van der Waals surface area contributed by atoms with Gasteiger partial charge in [-0.3, -0.25) is 9.59 Å². The number of nitrogens with one attached hydrogen (secondary N) is 2. The van der Waals surface area contributed by atoms with Crippen molar-refractivity contribution in [3.8, 4) is 24.7 Å². The fourth-order valence-electron chi connectivity index (χ4n) is 3.12. The number of rotatable bonds is 11. The zero-order valence-electron chi connectivity index (χ0n) is 24.2. The minimum atomic E-state index is 0.0240. The van der Waals surface area contributed by atoms with Crippen LogP contribution < -0.4 is 10.6 Å². The van der Waals surface area contributed by atoms with E-state index >= 15 is 0 Å². The Kier molecular flexibility index (Phi) is 30.2. The van der Waals surface area contributed by atoms with E-state index in [1.54, 1.807) is 29.2 Å². The number of piperidine rings is 1. The van der Waals surface area contributed by atoms with Gasteiger partial charge in [-0.2, -0.15) is 5.26 Å². The molecule has 2 amide bonds. The largest absolute Gasteiger partial charge is 0.506 e. The van der Waals surface area contributed by atoms with Crippen LogP contribution in [0.4, 0.5) is 5.69 Å². The fraction of sp³-hybridized carbons (Fsp3) is 0.500. The number of carbonyl (C=O) groups is 2. The lowest BCUT2D eigenvalue weighted by Gasteiger charge is -2.30. The van der Waals surface area contributed by atoms with Crippen LogP contribution in [0.15, 0.2) is 43.5 Å². The normalized spacial score (nSPS) is 11.9. The summed E-state index contributed by atoms with van der Waals surface area (Å²) in [5.74, 6) is 0.129. The first-order chi connectivity index (χ1) is 18.9. The van der Waals surface area contributed by atoms with Crippen molar-refractivity contribution in [1.82, 2.24) is 15.1 Å². The van der Waals surface area contributed by atoms with Crippen LogP contribution in [0.5, 0.6) is 5.75 Å². The molecule has 9 heteroatoms. The smallest absolute Gasteiger partial charge is 0.227 e. The summed E-state index contributed by atoms with van der Waals surface area (Å²) in [6, 6.07) is 6.60. The highest BCUT2D eigenvalue weighted by molar-refractivity contribution is 6.32. The molecule has 1 aromatic rings. The summed E-state index contributed by atoms with van der Waals surface area (Å²) >= 11 is 5.81. The molecule has 1 heterocycles. The second kappa shape index (κ2) is 29.3. The standard InChI is InChI=1S/C14H19ClN2O2.C8H16N2O.C4H5N.C2H6.C2H2/c1-2-17-7-5-10(6-8-17)14(19)16-11-3-4-13(18)12(15)9-11;1-3-5-9-6-7-10(4-2)8-11;1-2-3-4-5;2*1-2/h3-4,9-10,18H,2,5-8H2,1H3,(H,16,19);3,8-9H,1,4-7H2,2H3;2H,1,3H2;1-2H3;1-2H. The summed E-state index contributed by atoms with van der Waals surface area (Å²) in [5, 5.41) is 23.3. The van der Waals surface area contributed by atoms with Gasteiger partial charge in [0, 0.05) is 37.8 Å². The minimum Gasteiger partial charge on any atom is -0.506 e. The number of hydrogen-bond donors (Lipinski definition) is 3. The second-order valence-corrected chi connectivity index (χ2v) is 8.15. The van der Waals surface area contributed by atoms with Gasteiger partial charge >= 0.3 is 0 Å². The molecule has 0 aromatic heterocycles. The molecule has 1 saturated heterocycles. The van der Waals surface area contributed by atoms with Gasteiger partial charge in [0.2, 0.25) is 12.3 Å². The maximum atomic E-state index is 12.1. The molecular formula is C30H48ClN5O3. The molecule has 0 radical (unpaired) electrons. The molecule has 0 aliphatic carbocycles. The Balaban J connectivity index is -0.000000550. The number of phenolic OH excluding ortho intramolecular Hbond substituents is 1. The van der Waals surface area contributed by atoms with Crippen molar-refractivity contribution >= 4 is 29.6 Å². The van der Waals surface area contributed by atoms with Crippen LogP contribution in [0.25, 0.3) is 0 Å². The molecule has 3 N–H and O–H groups in total. The lowest BCUT2D eigenvalue weighted by molar-refractivity contribution is -0.121. The summed E-state index contributed by atoms with van der Waals surface area (Å²) in [4.78, 5) is 26.5. The highest BCUT2D eigenvalue weighted by atomic mass is 35.5. The number of hydrogen-bond acceptors (Lipinski definition) is 6. The van der Waals surface area contributed by atoms with Gasteiger partial charge in [0.1, 0.15) is 5.75 Å². The Morgan fingerprint density at radius 1 is 1.26 bits per heavy atom. The number of likely N-dealkylation sites (tertiary alicyclic amines) is 1. The van der Waals surface area contributed by atoms with Crippen LogP contribution in [0.1, 0.15) is 47.0 Å². The number of phenols is 1. The summed E-state index contributed by atoms with van der Waals surface area (Å²) < 4.78 is 0. The van der Waals surface area contributed by atoms with Crippen LogP contribution in [0.3, 0.4) is 0 Å². The number of benzene rings is 1. The van der Waals surface area contributed by atoms with E-state index in [0.717, 1.165) is 65.1 Å². The van der Waals surface area contributed by atoms with Crippen molar-refractivity contribution in [2.24, 2.45) is 5.92 Å². The van der Waals surface area contributed by atoms with E-state index in [2.05, 4.69) is 48.5 Å². The third-order valence-corrected chi connectivity index (χ3v) is 5.58. The number of amides is 2. The topological polar surface area (TPSA) is 109 Å². The van der Waals surface area contributed by atoms with Crippen molar-refractivity contribution in [3.63, 3.8) is 0 Å². The van der Waals surface area contributed by atoms with Gasteiger partial charge in [-0.25, -0.2) is 0 Å². The van der Waals surface area contributed by atoms with Gasteiger partial charge in [-0.1, -0.05) is 44.5 Å². The van der Waals surface area contributed by atoms with Crippen LogP contribution in [0, 0.1) is 30.1 Å². The summed E-state index contributed by atoms with van der Waals surface area (Å²) in [6.07, 6.45) is 14.5. The number of allylic oxidation sites excluding steroid dienone is 1. The van der Waals surface area contributed by atoms with E-state index in [-0.39, 0.29) is 22.6 Å². The molecule has 2 rings (SSSR count). The zero-order valence-corrected chi connectivity index (χ0v) is 24.9. The number of carbonyl (C=O) groups excluding carboxylic acids is 2. The van der Waals surface area contributed by atoms with E-state index in [1.807, 2.05) is 26.8 Å². The van der Waals surface area contributed by atoms with Gasteiger partial charge in [-0.15, -0.1) is 26.0 Å². The Morgan fingerprint density at radius 3 is 2.28 bits per heavy atom. The van der Waals surface area contributed by atoms with Gasteiger partial charge in [0.15, 0.2) is 0 Å². The van der Waals surface area contributed by atoms with Gasteiger partial charge in [0.05, 0.1) is 17.5 Å². The number of nitriles is 1. The summed E-state index contributed by atoms with van der Waals surface area (Å²) in [6.45, 7) is 21.2. The zero-order chi connectivity index (χ0) is 30.5. The number of nitrogens with zero attached hydrogens (tertiary/aromatic N) is 3. The third-order valence-electron chi connectivity index (χ3n) is 5.28. The van der Waals surface area contributed by atoms with E-state index < -0.39 is 0 Å². The Labute approximate surface area is 241 Å². The highest BCUT2D eigenvalue weighted by Gasteiger charge is 2.24. The lowest BCUT2D eigenvalue weighted by Crippen LogP contribution is -2.37. The Hall–Kier alpha value is -3.30. The first-order valence-electron chi connectivity index (χ1n) is 13.2. The van der Waals surface area contributed by atoms with E-state index in [4.69, 9.17) is 16.9 Å². The van der Waals surface area contributed by atoms with Crippen molar-refractivity contribution < 1.29 is 14.7 Å². The molecule has 8 nitrogen and oxygen atoms in total. The number of terminal acetylenes is 1. The lowest BCUT2D eigenvalue weighted by atomic mass is 9.96. The molecule has 1 fully saturated rings. The molecular weight excluding hydrogens is 514 g/mol. The Morgan fingerprint density at radius 2 is 1.87 bits per heavy atom. The molecule has 0 atom stereocenters. The van der Waals surface area contributed by atoms with Crippen molar-refractivity contribution in [3.05, 3.63) is 48.5 Å². The molecule has 39 heavy (non-hydrogen) atoms. The van der Waals surface area contributed by atoms with Crippen LogP contribution in [-0.4, -0.2) is 73.0 Å². The first kappa shape index (κ1) is 40.2. The number of aromatic hydroxyl groups is 1. The molecule has 0 bridgehead atoms. The predicted molar refractivity (Wildman–Crippen MR) is 165 cm³/mol. The third kappa shape index (κ3) is 21.3. The quantitative estimate of drug-likeness (QED) is 0.111. The van der Waals surface area contributed by atoms with Crippen molar-refractivity contribution in [2.75, 3.05) is 51.1 Å². The van der Waals surface area contributed by atoms with Gasteiger partial charge < -0.3 is 25.5 Å². The Bertz CT molecular complexity index is 847. The average molecular weight is 562 g/mol. The van der Waals surface area contributed by atoms with Crippen LogP contribution in [0.2, 0.25) is 5.02 Å². The van der Waals surface area contributed by atoms with Gasteiger partial charge in [0.25, 0.3) is 0 Å². The van der Waals surface area contributed by atoms with E-state index in [1.165, 1.54) is 6.07 Å². The molecule has 218 valence electrons. The molecule has 1 aliphatic rings. The van der Waals surface area contributed by atoms with E-state index in [9.17, 15) is 14.7 Å². The highest BCUT2D eigenvalue weighted by Crippen LogP contribution is 2.27. The summed E-state index contributed by atoms with van der Waals surface area (Å²) in [5.41, 5.74) is 0.630. The first-order valence-corrected chi connectivity index (χ1v) is 13.6. The van der Waals surface area contributed by atoms with Crippen molar-refractivity contribution in [1.29, 1.82) is 5.26 Å².